The number of carbonyl (C=O) groups is 2. The molecule has 0 heterocycles. The van der Waals surface area contributed by atoms with Crippen molar-refractivity contribution in [3.05, 3.63) is 53.1 Å². The van der Waals surface area contributed by atoms with Crippen LogP contribution in [0, 0.1) is 0 Å². The number of rotatable bonds is 4. The van der Waals surface area contributed by atoms with E-state index in [1.807, 2.05) is 0 Å². The van der Waals surface area contributed by atoms with Crippen molar-refractivity contribution in [1.82, 2.24) is 0 Å². The molecule has 114 valence electrons. The van der Waals surface area contributed by atoms with Crippen molar-refractivity contribution < 1.29 is 14.3 Å². The predicted molar refractivity (Wildman–Crippen MR) is 86.7 cm³/mol. The highest BCUT2D eigenvalue weighted by atomic mass is 35.5. The molecule has 0 atom stereocenters. The molecular formula is C16H15ClN2O3. The van der Waals surface area contributed by atoms with Gasteiger partial charge in [0.1, 0.15) is 5.75 Å². The van der Waals surface area contributed by atoms with Crippen LogP contribution in [0.1, 0.15) is 17.3 Å². The summed E-state index contributed by atoms with van der Waals surface area (Å²) in [6.45, 7) is 1.40. The molecular weight excluding hydrogens is 304 g/mol. The number of methoxy groups -OCH3 is 1. The van der Waals surface area contributed by atoms with Gasteiger partial charge in [0, 0.05) is 23.2 Å². The average Bonchev–Trinajstić information content (AvgIpc) is 2.47. The molecule has 2 aromatic rings. The molecule has 5 nitrogen and oxygen atoms in total. The fourth-order valence-electron chi connectivity index (χ4n) is 1.91. The van der Waals surface area contributed by atoms with E-state index in [2.05, 4.69) is 10.6 Å². The van der Waals surface area contributed by atoms with Crippen LogP contribution < -0.4 is 15.4 Å². The largest absolute Gasteiger partial charge is 0.495 e. The van der Waals surface area contributed by atoms with Crippen LogP contribution in [0.5, 0.6) is 5.75 Å². The van der Waals surface area contributed by atoms with Crippen molar-refractivity contribution in [3.63, 3.8) is 0 Å². The molecule has 2 N–H and O–H groups in total. The maximum atomic E-state index is 12.2. The zero-order valence-electron chi connectivity index (χ0n) is 12.1. The lowest BCUT2D eigenvalue weighted by atomic mass is 10.2. The summed E-state index contributed by atoms with van der Waals surface area (Å²) in [5, 5.41) is 5.88. The lowest BCUT2D eigenvalue weighted by Crippen LogP contribution is -2.13. The Kier molecular flexibility index (Phi) is 5.01. The number of amides is 2. The van der Waals surface area contributed by atoms with Crippen LogP contribution in [-0.2, 0) is 4.79 Å². The van der Waals surface area contributed by atoms with Gasteiger partial charge in [0.2, 0.25) is 5.91 Å². The summed E-state index contributed by atoms with van der Waals surface area (Å²) in [5.41, 5.74) is 1.47. The van der Waals surface area contributed by atoms with Gasteiger partial charge in [0.15, 0.2) is 0 Å². The van der Waals surface area contributed by atoms with Gasteiger partial charge in [-0.15, -0.1) is 0 Å². The first-order valence-corrected chi connectivity index (χ1v) is 6.90. The molecule has 0 spiro atoms. The summed E-state index contributed by atoms with van der Waals surface area (Å²) in [5.74, 6) is -0.00554. The number of nitrogens with one attached hydrogen (secondary N) is 2. The maximum absolute atomic E-state index is 12.2. The number of benzene rings is 2. The van der Waals surface area contributed by atoms with Crippen LogP contribution in [0.3, 0.4) is 0 Å². The highest BCUT2D eigenvalue weighted by molar-refractivity contribution is 6.31. The van der Waals surface area contributed by atoms with E-state index < -0.39 is 0 Å². The van der Waals surface area contributed by atoms with Gasteiger partial charge in [0.25, 0.3) is 5.91 Å². The molecule has 0 unspecified atom stereocenters. The van der Waals surface area contributed by atoms with E-state index in [9.17, 15) is 9.59 Å². The summed E-state index contributed by atoms with van der Waals surface area (Å²) in [7, 11) is 1.50. The van der Waals surface area contributed by atoms with Gasteiger partial charge in [-0.3, -0.25) is 9.59 Å². The molecule has 0 saturated heterocycles. The smallest absolute Gasteiger partial charge is 0.255 e. The standard InChI is InChI=1S/C16H15ClN2O3/c1-10(20)18-14-9-13(6-7-15(14)22-2)19-16(21)11-4-3-5-12(17)8-11/h3-9H,1-2H3,(H,18,20)(H,19,21). The lowest BCUT2D eigenvalue weighted by Gasteiger charge is -2.12. The van der Waals surface area contributed by atoms with Gasteiger partial charge in [-0.05, 0) is 36.4 Å². The number of anilines is 2. The summed E-state index contributed by atoms with van der Waals surface area (Å²) in [4.78, 5) is 23.4. The highest BCUT2D eigenvalue weighted by Gasteiger charge is 2.10. The second-order valence-corrected chi connectivity index (χ2v) is 5.00. The zero-order chi connectivity index (χ0) is 16.1. The molecule has 22 heavy (non-hydrogen) atoms. The van der Waals surface area contributed by atoms with Gasteiger partial charge in [-0.2, -0.15) is 0 Å². The number of hydrogen-bond acceptors (Lipinski definition) is 3. The van der Waals surface area contributed by atoms with Gasteiger partial charge in [-0.25, -0.2) is 0 Å². The fraction of sp³-hybridized carbons (Fsp3) is 0.125. The van der Waals surface area contributed by atoms with Crippen molar-refractivity contribution in [2.75, 3.05) is 17.7 Å². The second-order valence-electron chi connectivity index (χ2n) is 4.56. The Morgan fingerprint density at radius 1 is 1.09 bits per heavy atom. The fourth-order valence-corrected chi connectivity index (χ4v) is 2.10. The minimum Gasteiger partial charge on any atom is -0.495 e. The minimum atomic E-state index is -0.290. The Labute approximate surface area is 133 Å². The minimum absolute atomic E-state index is 0.225. The van der Waals surface area contributed by atoms with E-state index in [1.54, 1.807) is 42.5 Å². The third-order valence-corrected chi connectivity index (χ3v) is 3.09. The molecule has 0 fully saturated rings. The van der Waals surface area contributed by atoms with Crippen LogP contribution in [0.4, 0.5) is 11.4 Å². The second kappa shape index (κ2) is 6.95. The molecule has 0 aliphatic rings. The third kappa shape index (κ3) is 3.99. The van der Waals surface area contributed by atoms with Crippen LogP contribution in [0.15, 0.2) is 42.5 Å². The third-order valence-electron chi connectivity index (χ3n) is 2.85. The van der Waals surface area contributed by atoms with Gasteiger partial charge < -0.3 is 15.4 Å². The Morgan fingerprint density at radius 3 is 2.50 bits per heavy atom. The first kappa shape index (κ1) is 15.9. The zero-order valence-corrected chi connectivity index (χ0v) is 12.9. The number of halogens is 1. The van der Waals surface area contributed by atoms with E-state index in [-0.39, 0.29) is 11.8 Å². The quantitative estimate of drug-likeness (QED) is 0.905. The topological polar surface area (TPSA) is 67.4 Å². The van der Waals surface area contributed by atoms with Crippen molar-refractivity contribution in [2.45, 2.75) is 6.92 Å². The highest BCUT2D eigenvalue weighted by Crippen LogP contribution is 2.28. The summed E-state index contributed by atoms with van der Waals surface area (Å²) in [6, 6.07) is 11.6. The van der Waals surface area contributed by atoms with Crippen LogP contribution in [0.25, 0.3) is 0 Å². The summed E-state index contributed by atoms with van der Waals surface area (Å²) in [6.07, 6.45) is 0. The normalized spacial score (nSPS) is 9.95. The van der Waals surface area contributed by atoms with Gasteiger partial charge >= 0.3 is 0 Å². The maximum Gasteiger partial charge on any atom is 0.255 e. The van der Waals surface area contributed by atoms with Crippen molar-refractivity contribution in [1.29, 1.82) is 0 Å². The Hall–Kier alpha value is -2.53. The molecule has 2 rings (SSSR count). The number of carbonyl (C=O) groups excluding carboxylic acids is 2. The SMILES string of the molecule is COc1ccc(NC(=O)c2cccc(Cl)c2)cc1NC(C)=O. The van der Waals surface area contributed by atoms with Gasteiger partial charge in [-0.1, -0.05) is 17.7 Å². The number of ether oxygens (including phenoxy) is 1. The van der Waals surface area contributed by atoms with E-state index in [1.165, 1.54) is 14.0 Å². The average molecular weight is 319 g/mol. The van der Waals surface area contributed by atoms with Crippen molar-refractivity contribution >= 4 is 34.8 Å². The molecule has 0 aliphatic carbocycles. The van der Waals surface area contributed by atoms with E-state index in [0.717, 1.165) is 0 Å². The Morgan fingerprint density at radius 2 is 1.86 bits per heavy atom. The summed E-state index contributed by atoms with van der Waals surface area (Å²) < 4.78 is 5.16. The lowest BCUT2D eigenvalue weighted by molar-refractivity contribution is -0.114. The molecule has 6 heteroatoms. The summed E-state index contributed by atoms with van der Waals surface area (Å²) >= 11 is 5.87. The Bertz CT molecular complexity index is 716. The number of hydrogen-bond donors (Lipinski definition) is 2. The first-order chi connectivity index (χ1) is 10.5. The van der Waals surface area contributed by atoms with Crippen LogP contribution in [-0.4, -0.2) is 18.9 Å². The monoisotopic (exact) mass is 318 g/mol. The molecule has 0 aromatic heterocycles. The van der Waals surface area contributed by atoms with E-state index >= 15 is 0 Å². The van der Waals surface area contributed by atoms with Crippen LogP contribution in [0.2, 0.25) is 5.02 Å². The molecule has 0 aliphatic heterocycles. The molecule has 0 saturated carbocycles. The Balaban J connectivity index is 2.22. The van der Waals surface area contributed by atoms with Gasteiger partial charge in [0.05, 0.1) is 12.8 Å². The van der Waals surface area contributed by atoms with E-state index in [0.29, 0.717) is 27.7 Å². The van der Waals surface area contributed by atoms with Crippen molar-refractivity contribution in [2.24, 2.45) is 0 Å². The molecule has 0 bridgehead atoms. The molecule has 0 radical (unpaired) electrons. The predicted octanol–water partition coefficient (Wildman–Crippen LogP) is 3.56. The molecule has 2 amide bonds. The first-order valence-electron chi connectivity index (χ1n) is 6.52. The van der Waals surface area contributed by atoms with E-state index in [4.69, 9.17) is 16.3 Å². The van der Waals surface area contributed by atoms with Crippen LogP contribution >= 0.6 is 11.6 Å². The molecule has 2 aromatic carbocycles. The van der Waals surface area contributed by atoms with Crippen molar-refractivity contribution in [3.8, 4) is 5.75 Å².